The lowest BCUT2D eigenvalue weighted by Gasteiger charge is -2.04. The highest BCUT2D eigenvalue weighted by atomic mass is 16.3. The van der Waals surface area contributed by atoms with Gasteiger partial charge in [0.1, 0.15) is 5.52 Å². The third-order valence-electron chi connectivity index (χ3n) is 4.67. The summed E-state index contributed by atoms with van der Waals surface area (Å²) in [5, 5.41) is 13.6. The van der Waals surface area contributed by atoms with E-state index in [1.54, 1.807) is 22.9 Å². The van der Waals surface area contributed by atoms with Crippen LogP contribution in [-0.4, -0.2) is 30.7 Å². The zero-order valence-corrected chi connectivity index (χ0v) is 15.0. The van der Waals surface area contributed by atoms with E-state index in [9.17, 15) is 4.79 Å². The summed E-state index contributed by atoms with van der Waals surface area (Å²) in [5.41, 5.74) is 5.38. The van der Waals surface area contributed by atoms with E-state index in [0.29, 0.717) is 22.4 Å². The number of ketones is 1. The van der Waals surface area contributed by atoms with Crippen molar-refractivity contribution in [2.75, 3.05) is 0 Å². The van der Waals surface area contributed by atoms with Gasteiger partial charge in [-0.2, -0.15) is 15.3 Å². The monoisotopic (exact) mass is 369 g/mol. The number of benzene rings is 2. The van der Waals surface area contributed by atoms with Crippen molar-refractivity contribution in [3.05, 3.63) is 72.5 Å². The Morgan fingerprint density at radius 2 is 1.96 bits per heavy atom. The molecule has 7 heteroatoms. The van der Waals surface area contributed by atoms with Gasteiger partial charge >= 0.3 is 0 Å². The number of fused-ring (bicyclic) bond motifs is 2. The molecule has 0 spiro atoms. The van der Waals surface area contributed by atoms with Crippen molar-refractivity contribution < 1.29 is 9.21 Å². The van der Waals surface area contributed by atoms with E-state index in [2.05, 4.69) is 20.3 Å². The third-order valence-corrected chi connectivity index (χ3v) is 4.67. The maximum atomic E-state index is 12.7. The molecule has 0 aliphatic rings. The molecule has 0 amide bonds. The fourth-order valence-corrected chi connectivity index (χ4v) is 3.22. The van der Waals surface area contributed by atoms with Crippen molar-refractivity contribution >= 4 is 27.8 Å². The minimum atomic E-state index is -0.0398. The van der Waals surface area contributed by atoms with Crippen molar-refractivity contribution in [1.82, 2.24) is 25.0 Å². The number of aryl methyl sites for hydroxylation is 1. The Hall–Kier alpha value is -3.87. The fraction of sp³-hybridized carbons (Fsp3) is 0.0952. The highest BCUT2D eigenvalue weighted by Crippen LogP contribution is 2.23. The second kappa shape index (κ2) is 6.38. The van der Waals surface area contributed by atoms with E-state index >= 15 is 0 Å². The Labute approximate surface area is 159 Å². The van der Waals surface area contributed by atoms with Crippen molar-refractivity contribution in [3.8, 4) is 11.1 Å². The number of nitrogens with zero attached hydrogens (tertiary/aromatic N) is 5. The molecule has 0 saturated carbocycles. The Morgan fingerprint density at radius 3 is 2.82 bits per heavy atom. The van der Waals surface area contributed by atoms with Crippen molar-refractivity contribution in [2.45, 2.75) is 6.42 Å². The van der Waals surface area contributed by atoms with Crippen LogP contribution in [0.25, 0.3) is 33.1 Å². The van der Waals surface area contributed by atoms with Crippen molar-refractivity contribution in [3.63, 3.8) is 0 Å². The first-order chi connectivity index (χ1) is 13.7. The molecule has 0 atom stereocenters. The Bertz CT molecular complexity index is 1340. The summed E-state index contributed by atoms with van der Waals surface area (Å²) >= 11 is 0. The van der Waals surface area contributed by atoms with Gasteiger partial charge in [-0.05, 0) is 42.0 Å². The third kappa shape index (κ3) is 2.92. The van der Waals surface area contributed by atoms with Gasteiger partial charge in [0.2, 0.25) is 0 Å². The predicted octanol–water partition coefficient (Wildman–Crippen LogP) is 3.60. The molecule has 0 N–H and O–H groups in total. The van der Waals surface area contributed by atoms with Crippen molar-refractivity contribution in [2.24, 2.45) is 7.05 Å². The summed E-state index contributed by atoms with van der Waals surface area (Å²) in [5.74, 6) is -0.0398. The molecular formula is C21H15N5O2. The average Bonchev–Trinajstić information content (AvgIpc) is 3.35. The predicted molar refractivity (Wildman–Crippen MR) is 104 cm³/mol. The molecule has 7 nitrogen and oxygen atoms in total. The molecular weight excluding hydrogens is 354 g/mol. The molecule has 0 fully saturated rings. The maximum Gasteiger partial charge on any atom is 0.181 e. The highest BCUT2D eigenvalue weighted by molar-refractivity contribution is 6.00. The molecule has 0 radical (unpaired) electrons. The quantitative estimate of drug-likeness (QED) is 0.450. The molecule has 136 valence electrons. The zero-order valence-electron chi connectivity index (χ0n) is 15.0. The van der Waals surface area contributed by atoms with E-state index < -0.39 is 0 Å². The largest absolute Gasteiger partial charge is 0.443 e. The fourth-order valence-electron chi connectivity index (χ4n) is 3.22. The Morgan fingerprint density at radius 1 is 1.04 bits per heavy atom. The van der Waals surface area contributed by atoms with Crippen molar-refractivity contribution in [1.29, 1.82) is 0 Å². The molecule has 0 aliphatic carbocycles. The van der Waals surface area contributed by atoms with Crippen LogP contribution in [0.2, 0.25) is 0 Å². The molecule has 5 rings (SSSR count). The summed E-state index contributed by atoms with van der Waals surface area (Å²) in [6.07, 6.45) is 5.32. The molecule has 2 aromatic carbocycles. The summed E-state index contributed by atoms with van der Waals surface area (Å²) in [7, 11) is 1.89. The number of hydrogen-bond donors (Lipinski definition) is 0. The van der Waals surface area contributed by atoms with Crippen LogP contribution in [-0.2, 0) is 13.5 Å². The molecule has 0 aliphatic heterocycles. The van der Waals surface area contributed by atoms with Gasteiger partial charge in [-0.15, -0.1) is 0 Å². The molecule has 0 bridgehead atoms. The molecule has 0 saturated heterocycles. The van der Waals surface area contributed by atoms with Gasteiger partial charge in [-0.25, -0.2) is 4.98 Å². The number of rotatable bonds is 4. The lowest BCUT2D eigenvalue weighted by Crippen LogP contribution is -2.06. The first-order valence-corrected chi connectivity index (χ1v) is 8.77. The number of carbonyl (C=O) groups excluding carboxylic acids is 1. The summed E-state index contributed by atoms with van der Waals surface area (Å²) in [6, 6.07) is 13.1. The summed E-state index contributed by atoms with van der Waals surface area (Å²) in [4.78, 5) is 16.8. The number of aromatic nitrogens is 5. The number of oxazole rings is 1. The lowest BCUT2D eigenvalue weighted by atomic mass is 10.0. The van der Waals surface area contributed by atoms with Gasteiger partial charge in [0.05, 0.1) is 23.8 Å². The molecule has 0 unspecified atom stereocenters. The van der Waals surface area contributed by atoms with E-state index in [1.807, 2.05) is 43.7 Å². The lowest BCUT2D eigenvalue weighted by molar-refractivity contribution is 0.0992. The van der Waals surface area contributed by atoms with E-state index in [-0.39, 0.29) is 12.2 Å². The first-order valence-electron chi connectivity index (χ1n) is 8.77. The standard InChI is InChI=1S/C21H15N5O2/c1-26-11-16(10-23-26)13-2-4-18-15(6-13)7-17(24-25-18)9-20(27)14-3-5-21-19(8-14)22-12-28-21/h2-8,10-12H,9H2,1H3. The average molecular weight is 369 g/mol. The van der Waals surface area contributed by atoms with E-state index in [1.165, 1.54) is 6.39 Å². The van der Waals surface area contributed by atoms with Gasteiger partial charge < -0.3 is 4.42 Å². The number of hydrogen-bond acceptors (Lipinski definition) is 6. The summed E-state index contributed by atoms with van der Waals surface area (Å²) < 4.78 is 6.98. The van der Waals surface area contributed by atoms with Gasteiger partial charge in [0, 0.05) is 29.8 Å². The topological polar surface area (TPSA) is 86.7 Å². The van der Waals surface area contributed by atoms with E-state index in [4.69, 9.17) is 4.42 Å². The molecule has 5 aromatic rings. The minimum absolute atomic E-state index is 0.0398. The molecule has 28 heavy (non-hydrogen) atoms. The van der Waals surface area contributed by atoms with Crippen LogP contribution in [0.5, 0.6) is 0 Å². The highest BCUT2D eigenvalue weighted by Gasteiger charge is 2.12. The van der Waals surface area contributed by atoms with Crippen LogP contribution < -0.4 is 0 Å². The van der Waals surface area contributed by atoms with Gasteiger partial charge in [-0.3, -0.25) is 9.48 Å². The van der Waals surface area contributed by atoms with Gasteiger partial charge in [0.25, 0.3) is 0 Å². The number of Topliss-reactive ketones (excluding diaryl/α,β-unsaturated/α-hetero) is 1. The van der Waals surface area contributed by atoms with E-state index in [0.717, 1.165) is 22.0 Å². The Kier molecular flexibility index (Phi) is 3.72. The molecule has 3 heterocycles. The number of carbonyl (C=O) groups is 1. The second-order valence-corrected chi connectivity index (χ2v) is 6.65. The van der Waals surface area contributed by atoms with Crippen LogP contribution in [0.15, 0.2) is 65.7 Å². The van der Waals surface area contributed by atoms with Crippen LogP contribution in [0.1, 0.15) is 16.1 Å². The van der Waals surface area contributed by atoms with Crippen LogP contribution in [0.4, 0.5) is 0 Å². The SMILES string of the molecule is Cn1cc(-c2ccc3nnc(CC(=O)c4ccc5ocnc5c4)cc3c2)cn1. The normalized spacial score (nSPS) is 11.3. The van der Waals surface area contributed by atoms with Crippen LogP contribution in [0.3, 0.4) is 0 Å². The maximum absolute atomic E-state index is 12.7. The van der Waals surface area contributed by atoms with Crippen LogP contribution >= 0.6 is 0 Å². The first kappa shape index (κ1) is 16.3. The van der Waals surface area contributed by atoms with Crippen LogP contribution in [0, 0.1) is 0 Å². The Balaban J connectivity index is 1.45. The summed E-state index contributed by atoms with van der Waals surface area (Å²) in [6.45, 7) is 0. The zero-order chi connectivity index (χ0) is 19.1. The molecule has 3 aromatic heterocycles. The van der Waals surface area contributed by atoms with Gasteiger partial charge in [0.15, 0.2) is 17.8 Å². The smallest absolute Gasteiger partial charge is 0.181 e. The minimum Gasteiger partial charge on any atom is -0.443 e. The van der Waals surface area contributed by atoms with Gasteiger partial charge in [-0.1, -0.05) is 6.07 Å². The second-order valence-electron chi connectivity index (χ2n) is 6.65.